The first-order valence-electron chi connectivity index (χ1n) is 3.86. The van der Waals surface area contributed by atoms with E-state index in [1.807, 2.05) is 5.38 Å². The molecule has 0 saturated carbocycles. The number of nitrogens with zero attached hydrogens (tertiary/aromatic N) is 2. The molecule has 1 heterocycles. The number of aromatic nitrogens is 2. The van der Waals surface area contributed by atoms with E-state index < -0.39 is 0 Å². The lowest BCUT2D eigenvalue weighted by molar-refractivity contribution is -0.140. The number of carbonyl (C=O) groups excluding carboxylic acids is 1. The van der Waals surface area contributed by atoms with E-state index in [9.17, 15) is 4.79 Å². The van der Waals surface area contributed by atoms with Crippen LogP contribution < -0.4 is 5.32 Å². The minimum atomic E-state index is -0.205. The summed E-state index contributed by atoms with van der Waals surface area (Å²) in [6, 6.07) is 0. The van der Waals surface area contributed by atoms with E-state index in [0.717, 1.165) is 5.69 Å². The fourth-order valence-corrected chi connectivity index (χ4v) is 1.22. The van der Waals surface area contributed by atoms with Crippen molar-refractivity contribution in [1.29, 1.82) is 0 Å². The fourth-order valence-electron chi connectivity index (χ4n) is 0.770. The van der Waals surface area contributed by atoms with Crippen molar-refractivity contribution in [3.05, 3.63) is 11.1 Å². The summed E-state index contributed by atoms with van der Waals surface area (Å²) < 4.78 is 8.19. The van der Waals surface area contributed by atoms with Crippen molar-refractivity contribution < 1.29 is 9.53 Å². The minimum absolute atomic E-state index is 0.205. The number of esters is 1. The van der Waals surface area contributed by atoms with Gasteiger partial charge in [-0.1, -0.05) is 4.49 Å². The summed E-state index contributed by atoms with van der Waals surface area (Å²) >= 11 is 1.32. The standard InChI is InChI=1S/C7H11N3O2S/c1-12-7(11)2-3-8-4-6-5-13-10-9-6/h5,8H,2-4H2,1H3. The third-order valence-corrected chi connectivity index (χ3v) is 2.00. The Morgan fingerprint density at radius 3 is 3.23 bits per heavy atom. The zero-order chi connectivity index (χ0) is 9.52. The van der Waals surface area contributed by atoms with Crippen molar-refractivity contribution in [1.82, 2.24) is 14.9 Å². The second-order valence-electron chi connectivity index (χ2n) is 2.40. The average molecular weight is 201 g/mol. The molecular weight excluding hydrogens is 190 g/mol. The summed E-state index contributed by atoms with van der Waals surface area (Å²) in [4.78, 5) is 10.7. The third kappa shape index (κ3) is 3.95. The number of rotatable bonds is 5. The zero-order valence-electron chi connectivity index (χ0n) is 7.32. The van der Waals surface area contributed by atoms with Crippen LogP contribution in [0, 0.1) is 0 Å². The summed E-state index contributed by atoms with van der Waals surface area (Å²) in [5.74, 6) is -0.205. The Kier molecular flexibility index (Phi) is 4.34. The number of hydrogen-bond donors (Lipinski definition) is 1. The molecule has 0 fully saturated rings. The van der Waals surface area contributed by atoms with Gasteiger partial charge in [0.1, 0.15) is 0 Å². The first-order valence-corrected chi connectivity index (χ1v) is 4.70. The van der Waals surface area contributed by atoms with Gasteiger partial charge in [-0.05, 0) is 11.5 Å². The van der Waals surface area contributed by atoms with Gasteiger partial charge in [0.2, 0.25) is 0 Å². The van der Waals surface area contributed by atoms with Crippen molar-refractivity contribution in [3.8, 4) is 0 Å². The predicted octanol–water partition coefficient (Wildman–Crippen LogP) is 0.191. The molecular formula is C7H11N3O2S. The average Bonchev–Trinajstić information content (AvgIpc) is 2.64. The number of nitrogens with one attached hydrogen (secondary N) is 1. The normalized spacial score (nSPS) is 9.92. The van der Waals surface area contributed by atoms with Crippen LogP contribution in [0.1, 0.15) is 12.1 Å². The van der Waals surface area contributed by atoms with Gasteiger partial charge in [0.05, 0.1) is 19.2 Å². The van der Waals surface area contributed by atoms with Crippen LogP contribution in [0.3, 0.4) is 0 Å². The van der Waals surface area contributed by atoms with Gasteiger partial charge in [0.15, 0.2) is 0 Å². The molecule has 1 rings (SSSR count). The van der Waals surface area contributed by atoms with Crippen LogP contribution in [-0.2, 0) is 16.1 Å². The van der Waals surface area contributed by atoms with E-state index in [1.165, 1.54) is 18.6 Å². The molecule has 1 aromatic heterocycles. The molecule has 0 unspecified atom stereocenters. The molecule has 0 aliphatic rings. The number of ether oxygens (including phenoxy) is 1. The third-order valence-electron chi connectivity index (χ3n) is 1.44. The van der Waals surface area contributed by atoms with E-state index >= 15 is 0 Å². The molecule has 6 heteroatoms. The van der Waals surface area contributed by atoms with Crippen molar-refractivity contribution in [3.63, 3.8) is 0 Å². The maximum absolute atomic E-state index is 10.7. The molecule has 0 spiro atoms. The molecule has 0 aromatic carbocycles. The van der Waals surface area contributed by atoms with Crippen LogP contribution in [0.25, 0.3) is 0 Å². The van der Waals surface area contributed by atoms with Gasteiger partial charge in [-0.25, -0.2) is 0 Å². The van der Waals surface area contributed by atoms with Crippen molar-refractivity contribution in [2.45, 2.75) is 13.0 Å². The van der Waals surface area contributed by atoms with Crippen LogP contribution in [-0.4, -0.2) is 29.2 Å². The monoisotopic (exact) mass is 201 g/mol. The molecule has 13 heavy (non-hydrogen) atoms. The molecule has 0 radical (unpaired) electrons. The molecule has 0 amide bonds. The quantitative estimate of drug-likeness (QED) is 0.544. The lowest BCUT2D eigenvalue weighted by Crippen LogP contribution is -2.18. The molecule has 72 valence electrons. The maximum Gasteiger partial charge on any atom is 0.306 e. The van der Waals surface area contributed by atoms with Crippen LogP contribution >= 0.6 is 11.5 Å². The van der Waals surface area contributed by atoms with Gasteiger partial charge in [0, 0.05) is 18.5 Å². The molecule has 0 atom stereocenters. The van der Waals surface area contributed by atoms with Crippen LogP contribution in [0.5, 0.6) is 0 Å². The summed E-state index contributed by atoms with van der Waals surface area (Å²) in [5.41, 5.74) is 0.898. The van der Waals surface area contributed by atoms with Gasteiger partial charge in [-0.2, -0.15) is 0 Å². The Morgan fingerprint density at radius 1 is 1.77 bits per heavy atom. The van der Waals surface area contributed by atoms with Crippen LogP contribution in [0.15, 0.2) is 5.38 Å². The van der Waals surface area contributed by atoms with E-state index in [4.69, 9.17) is 0 Å². The van der Waals surface area contributed by atoms with E-state index in [1.54, 1.807) is 0 Å². The van der Waals surface area contributed by atoms with E-state index in [-0.39, 0.29) is 5.97 Å². The SMILES string of the molecule is COC(=O)CCNCc1csnn1. The Morgan fingerprint density at radius 2 is 2.62 bits per heavy atom. The van der Waals surface area contributed by atoms with Crippen LogP contribution in [0.4, 0.5) is 0 Å². The van der Waals surface area contributed by atoms with Crippen molar-refractivity contribution in [2.24, 2.45) is 0 Å². The highest BCUT2D eigenvalue weighted by atomic mass is 32.1. The first-order chi connectivity index (χ1) is 6.33. The second kappa shape index (κ2) is 5.60. The van der Waals surface area contributed by atoms with Gasteiger partial charge >= 0.3 is 5.97 Å². The molecule has 0 aliphatic heterocycles. The van der Waals surface area contributed by atoms with Crippen LogP contribution in [0.2, 0.25) is 0 Å². The molecule has 1 N–H and O–H groups in total. The zero-order valence-corrected chi connectivity index (χ0v) is 8.13. The van der Waals surface area contributed by atoms with E-state index in [2.05, 4.69) is 19.6 Å². The van der Waals surface area contributed by atoms with Gasteiger partial charge in [-0.3, -0.25) is 4.79 Å². The Bertz CT molecular complexity index is 250. The highest BCUT2D eigenvalue weighted by Gasteiger charge is 1.99. The summed E-state index contributed by atoms with van der Waals surface area (Å²) in [5, 5.41) is 8.77. The maximum atomic E-state index is 10.7. The van der Waals surface area contributed by atoms with Gasteiger partial charge in [0.25, 0.3) is 0 Å². The lowest BCUT2D eigenvalue weighted by atomic mass is 10.4. The summed E-state index contributed by atoms with van der Waals surface area (Å²) in [6.45, 7) is 1.25. The molecule has 1 aromatic rings. The highest BCUT2D eigenvalue weighted by molar-refractivity contribution is 7.03. The molecule has 0 bridgehead atoms. The molecule has 0 aliphatic carbocycles. The Labute approximate surface area is 80.3 Å². The topological polar surface area (TPSA) is 64.1 Å². The van der Waals surface area contributed by atoms with Gasteiger partial charge < -0.3 is 10.1 Å². The Balaban J connectivity index is 2.05. The number of carbonyl (C=O) groups is 1. The largest absolute Gasteiger partial charge is 0.469 e. The number of methoxy groups -OCH3 is 1. The van der Waals surface area contributed by atoms with Crippen molar-refractivity contribution in [2.75, 3.05) is 13.7 Å². The number of hydrogen-bond acceptors (Lipinski definition) is 6. The first kappa shape index (κ1) is 10.1. The van der Waals surface area contributed by atoms with Gasteiger partial charge in [-0.15, -0.1) is 5.10 Å². The Hall–Kier alpha value is -1.01. The minimum Gasteiger partial charge on any atom is -0.469 e. The van der Waals surface area contributed by atoms with Crippen molar-refractivity contribution >= 4 is 17.5 Å². The molecule has 0 saturated heterocycles. The summed E-state index contributed by atoms with van der Waals surface area (Å²) in [6.07, 6.45) is 0.383. The fraction of sp³-hybridized carbons (Fsp3) is 0.571. The summed E-state index contributed by atoms with van der Waals surface area (Å²) in [7, 11) is 1.38. The van der Waals surface area contributed by atoms with E-state index in [0.29, 0.717) is 19.5 Å². The second-order valence-corrected chi connectivity index (χ2v) is 3.01. The lowest BCUT2D eigenvalue weighted by Gasteiger charge is -2.00. The highest BCUT2D eigenvalue weighted by Crippen LogP contribution is 1.95. The molecule has 5 nitrogen and oxygen atoms in total. The predicted molar refractivity (Wildman–Crippen MR) is 48.2 cm³/mol. The smallest absolute Gasteiger partial charge is 0.306 e.